The third-order valence-electron chi connectivity index (χ3n) is 1.06. The number of nitrogens with zero attached hydrogens (tertiary/aromatic N) is 2. The number of hydrogen-bond donors (Lipinski definition) is 2. The van der Waals surface area contributed by atoms with Crippen molar-refractivity contribution in [1.82, 2.24) is 10.3 Å². The Labute approximate surface area is 72.4 Å². The zero-order valence-electron chi connectivity index (χ0n) is 6.87. The number of rotatable bonds is 3. The van der Waals surface area contributed by atoms with E-state index in [1.54, 1.807) is 25.3 Å². The molecule has 0 rings (SSSR count). The fraction of sp³-hybridized carbons (Fsp3) is 0.667. The summed E-state index contributed by atoms with van der Waals surface area (Å²) in [6, 6.07) is 0. The molecule has 64 valence electrons. The Morgan fingerprint density at radius 3 is 2.91 bits per heavy atom. The Kier molecular flexibility index (Phi) is 5.68. The number of thiocarbonyl (C=S) groups is 1. The maximum atomic E-state index is 5.27. The van der Waals surface area contributed by atoms with Crippen LogP contribution in [0.2, 0.25) is 0 Å². The second-order valence-corrected chi connectivity index (χ2v) is 2.34. The molecule has 0 aliphatic carbocycles. The summed E-state index contributed by atoms with van der Waals surface area (Å²) in [5.41, 5.74) is 5.27. The van der Waals surface area contributed by atoms with Gasteiger partial charge in [0.1, 0.15) is 0 Å². The fourth-order valence-corrected chi connectivity index (χ4v) is 0.516. The molecule has 3 N–H and O–H groups in total. The predicted octanol–water partition coefficient (Wildman–Crippen LogP) is -0.243. The van der Waals surface area contributed by atoms with Gasteiger partial charge in [-0.05, 0) is 25.2 Å². The molecule has 11 heavy (non-hydrogen) atoms. The number of nitrogens with two attached hydrogens (primary N) is 1. The lowest BCUT2D eigenvalue weighted by molar-refractivity contribution is 0.538. The topological polar surface area (TPSA) is 53.6 Å². The molecule has 0 unspecified atom stereocenters. The van der Waals surface area contributed by atoms with Gasteiger partial charge in [0, 0.05) is 20.3 Å². The molecule has 0 saturated heterocycles. The van der Waals surface area contributed by atoms with Crippen LogP contribution >= 0.6 is 12.2 Å². The highest BCUT2D eigenvalue weighted by molar-refractivity contribution is 7.80. The summed E-state index contributed by atoms with van der Waals surface area (Å²) in [6.45, 7) is 0.615. The van der Waals surface area contributed by atoms with Crippen LogP contribution in [-0.4, -0.2) is 37.0 Å². The van der Waals surface area contributed by atoms with E-state index in [9.17, 15) is 0 Å². The minimum atomic E-state index is 0.596. The minimum absolute atomic E-state index is 0.596. The van der Waals surface area contributed by atoms with E-state index < -0.39 is 0 Å². The second kappa shape index (κ2) is 6.06. The molecule has 0 bridgehead atoms. The summed E-state index contributed by atoms with van der Waals surface area (Å²) in [7, 11) is 3.54. The maximum absolute atomic E-state index is 5.27. The van der Waals surface area contributed by atoms with Crippen LogP contribution in [0, 0.1) is 0 Å². The third-order valence-corrected chi connectivity index (χ3v) is 1.53. The first-order valence-corrected chi connectivity index (χ1v) is 3.81. The van der Waals surface area contributed by atoms with Crippen LogP contribution < -0.4 is 11.1 Å². The standard InChI is InChI=1S/C6H14N4S/c1-8-6(11)10(2)9-5-3-4-7/h5H,3-4,7H2,1-2H3,(H,8,11)/b9-5+. The summed E-state index contributed by atoms with van der Waals surface area (Å²) >= 11 is 4.90. The molecule has 0 radical (unpaired) electrons. The molecule has 0 atom stereocenters. The Morgan fingerprint density at radius 2 is 2.45 bits per heavy atom. The van der Waals surface area contributed by atoms with Crippen molar-refractivity contribution in [2.45, 2.75) is 6.42 Å². The van der Waals surface area contributed by atoms with E-state index in [1.807, 2.05) is 0 Å². The first-order valence-electron chi connectivity index (χ1n) is 3.40. The SMILES string of the molecule is CNC(=S)N(C)/N=C/CCN. The van der Waals surface area contributed by atoms with Crippen molar-refractivity contribution < 1.29 is 0 Å². The third kappa shape index (κ3) is 4.69. The van der Waals surface area contributed by atoms with Gasteiger partial charge in [0.05, 0.1) is 0 Å². The quantitative estimate of drug-likeness (QED) is 0.352. The largest absolute Gasteiger partial charge is 0.364 e. The molecule has 0 saturated carbocycles. The number of nitrogens with one attached hydrogen (secondary N) is 1. The van der Waals surface area contributed by atoms with Gasteiger partial charge >= 0.3 is 0 Å². The van der Waals surface area contributed by atoms with Crippen LogP contribution in [0.1, 0.15) is 6.42 Å². The Balaban J connectivity index is 3.66. The van der Waals surface area contributed by atoms with Crippen LogP contribution in [0.5, 0.6) is 0 Å². The summed E-state index contributed by atoms with van der Waals surface area (Å²) in [5, 5.41) is 9.00. The summed E-state index contributed by atoms with van der Waals surface area (Å²) in [5.74, 6) is 0. The number of hydrazone groups is 1. The smallest absolute Gasteiger partial charge is 0.189 e. The van der Waals surface area contributed by atoms with E-state index in [1.165, 1.54) is 0 Å². The highest BCUT2D eigenvalue weighted by Gasteiger charge is 1.94. The van der Waals surface area contributed by atoms with Gasteiger partial charge in [0.15, 0.2) is 5.11 Å². The molecule has 0 aliphatic rings. The van der Waals surface area contributed by atoms with Crippen molar-refractivity contribution in [3.8, 4) is 0 Å². The normalized spacial score (nSPS) is 10.1. The lowest BCUT2D eigenvalue weighted by Gasteiger charge is -2.12. The van der Waals surface area contributed by atoms with Crippen LogP contribution in [0.25, 0.3) is 0 Å². The molecule has 0 aromatic heterocycles. The van der Waals surface area contributed by atoms with Crippen LogP contribution in [0.3, 0.4) is 0 Å². The monoisotopic (exact) mass is 174 g/mol. The molecule has 0 aliphatic heterocycles. The van der Waals surface area contributed by atoms with Crippen molar-refractivity contribution in [2.24, 2.45) is 10.8 Å². The fourth-order valence-electron chi connectivity index (χ4n) is 0.469. The van der Waals surface area contributed by atoms with Crippen LogP contribution in [0.4, 0.5) is 0 Å². The van der Waals surface area contributed by atoms with Gasteiger partial charge in [-0.15, -0.1) is 0 Å². The van der Waals surface area contributed by atoms with Crippen molar-refractivity contribution in [3.05, 3.63) is 0 Å². The summed E-state index contributed by atoms with van der Waals surface area (Å²) in [6.07, 6.45) is 2.51. The van der Waals surface area contributed by atoms with Crippen molar-refractivity contribution in [3.63, 3.8) is 0 Å². The highest BCUT2D eigenvalue weighted by Crippen LogP contribution is 1.83. The molecule has 0 fully saturated rings. The molecule has 0 spiro atoms. The predicted molar refractivity (Wildman–Crippen MR) is 51.6 cm³/mol. The lowest BCUT2D eigenvalue weighted by Crippen LogP contribution is -2.30. The zero-order valence-corrected chi connectivity index (χ0v) is 7.69. The van der Waals surface area contributed by atoms with Gasteiger partial charge < -0.3 is 11.1 Å². The average Bonchev–Trinajstić information content (AvgIpc) is 2.03. The Bertz CT molecular complexity index is 146. The van der Waals surface area contributed by atoms with Crippen molar-refractivity contribution >= 4 is 23.5 Å². The molecule has 0 heterocycles. The van der Waals surface area contributed by atoms with E-state index in [0.717, 1.165) is 6.42 Å². The summed E-state index contributed by atoms with van der Waals surface area (Å²) < 4.78 is 0. The molecule has 0 aromatic carbocycles. The lowest BCUT2D eigenvalue weighted by atomic mass is 10.5. The van der Waals surface area contributed by atoms with E-state index in [2.05, 4.69) is 10.4 Å². The summed E-state index contributed by atoms with van der Waals surface area (Å²) in [4.78, 5) is 0. The van der Waals surface area contributed by atoms with E-state index in [0.29, 0.717) is 11.7 Å². The molecular formula is C6H14N4S. The minimum Gasteiger partial charge on any atom is -0.364 e. The van der Waals surface area contributed by atoms with Crippen LogP contribution in [-0.2, 0) is 0 Å². The molecule has 0 amide bonds. The van der Waals surface area contributed by atoms with E-state index in [-0.39, 0.29) is 0 Å². The first-order chi connectivity index (χ1) is 5.22. The van der Waals surface area contributed by atoms with Gasteiger partial charge in [-0.3, -0.25) is 0 Å². The van der Waals surface area contributed by atoms with Gasteiger partial charge in [-0.2, -0.15) is 5.10 Å². The average molecular weight is 174 g/mol. The van der Waals surface area contributed by atoms with Gasteiger partial charge in [0.2, 0.25) is 0 Å². The van der Waals surface area contributed by atoms with Gasteiger partial charge in [0.25, 0.3) is 0 Å². The molecule has 4 nitrogen and oxygen atoms in total. The van der Waals surface area contributed by atoms with Crippen molar-refractivity contribution in [2.75, 3.05) is 20.6 Å². The Hall–Kier alpha value is -0.680. The molecular weight excluding hydrogens is 160 g/mol. The van der Waals surface area contributed by atoms with Crippen LogP contribution in [0.15, 0.2) is 5.10 Å². The molecule has 0 aromatic rings. The zero-order chi connectivity index (χ0) is 8.69. The van der Waals surface area contributed by atoms with E-state index in [4.69, 9.17) is 18.0 Å². The maximum Gasteiger partial charge on any atom is 0.189 e. The van der Waals surface area contributed by atoms with Crippen molar-refractivity contribution in [1.29, 1.82) is 0 Å². The molecule has 5 heteroatoms. The number of hydrogen-bond acceptors (Lipinski definition) is 3. The first kappa shape index (κ1) is 10.3. The van der Waals surface area contributed by atoms with E-state index >= 15 is 0 Å². The second-order valence-electron chi connectivity index (χ2n) is 1.95. The van der Waals surface area contributed by atoms with Gasteiger partial charge in [-0.25, -0.2) is 5.01 Å². The van der Waals surface area contributed by atoms with Gasteiger partial charge in [-0.1, -0.05) is 0 Å². The Morgan fingerprint density at radius 1 is 1.82 bits per heavy atom. The highest BCUT2D eigenvalue weighted by atomic mass is 32.1.